The van der Waals surface area contributed by atoms with Crippen LogP contribution in [0.2, 0.25) is 0 Å². The van der Waals surface area contributed by atoms with E-state index in [2.05, 4.69) is 25.7 Å². The molecule has 3 N–H and O–H groups in total. The van der Waals surface area contributed by atoms with Crippen LogP contribution in [0.1, 0.15) is 244 Å². The van der Waals surface area contributed by atoms with Gasteiger partial charge in [0.25, 0.3) is 0 Å². The summed E-state index contributed by atoms with van der Waals surface area (Å²) in [4.78, 5) is 35.1. The number of carbonyl (C=O) groups is 2. The molecule has 61 heavy (non-hydrogen) atoms. The van der Waals surface area contributed by atoms with E-state index in [0.29, 0.717) is 12.8 Å². The van der Waals surface area contributed by atoms with Crippen molar-refractivity contribution in [2.75, 3.05) is 26.4 Å². The summed E-state index contributed by atoms with van der Waals surface area (Å²) in [6, 6.07) is 0. The summed E-state index contributed by atoms with van der Waals surface area (Å²) < 4.78 is 32.8. The number of aliphatic hydroxyl groups is 2. The highest BCUT2D eigenvalue weighted by Crippen LogP contribution is 2.43. The molecule has 1 unspecified atom stereocenters. The van der Waals surface area contributed by atoms with Crippen LogP contribution >= 0.6 is 7.82 Å². The van der Waals surface area contributed by atoms with Gasteiger partial charge in [0.1, 0.15) is 12.7 Å². The summed E-state index contributed by atoms with van der Waals surface area (Å²) in [5.41, 5.74) is 0. The Balaban J connectivity index is 4.14. The molecule has 0 spiro atoms. The maximum absolute atomic E-state index is 12.6. The first-order valence-corrected chi connectivity index (χ1v) is 26.7. The second-order valence-electron chi connectivity index (χ2n) is 17.3. The van der Waals surface area contributed by atoms with E-state index in [0.717, 1.165) is 38.5 Å². The van der Waals surface area contributed by atoms with Crippen LogP contribution in [-0.4, -0.2) is 65.7 Å². The number of hydrogen-bond acceptors (Lipinski definition) is 9. The standard InChI is InChI=1S/C50H95O10P/c1-3-5-7-9-11-13-15-17-19-20-21-22-23-24-25-26-28-29-31-33-35-37-39-41-49(53)57-45-48(46-59-61(55,56)58-44-47(52)43-51)60-50(54)42-40-38-36-34-32-30-27-18-16-14-12-10-8-6-4-2/h4,33,35,47-48,51-52H,2-3,5-32,34,36-46H2,1H3,(H,55,56)/b35-33+/t47-,48+/m1/s1. The molecule has 0 saturated carbocycles. The first-order valence-electron chi connectivity index (χ1n) is 25.3. The molecule has 10 nitrogen and oxygen atoms in total. The van der Waals surface area contributed by atoms with Crippen LogP contribution in [0.15, 0.2) is 24.8 Å². The molecule has 0 aromatic rings. The van der Waals surface area contributed by atoms with E-state index >= 15 is 0 Å². The molecule has 0 aliphatic carbocycles. The molecule has 0 saturated heterocycles. The van der Waals surface area contributed by atoms with Gasteiger partial charge in [-0.05, 0) is 44.9 Å². The second kappa shape index (κ2) is 46.4. The normalized spacial score (nSPS) is 13.6. The lowest BCUT2D eigenvalue weighted by atomic mass is 10.0. The Morgan fingerprint density at radius 1 is 0.525 bits per heavy atom. The van der Waals surface area contributed by atoms with Gasteiger partial charge in [-0.1, -0.05) is 205 Å². The lowest BCUT2D eigenvalue weighted by Gasteiger charge is -2.20. The highest BCUT2D eigenvalue weighted by atomic mass is 31.2. The molecule has 0 radical (unpaired) electrons. The van der Waals surface area contributed by atoms with Crippen molar-refractivity contribution in [3.05, 3.63) is 24.8 Å². The van der Waals surface area contributed by atoms with Gasteiger partial charge in [-0.15, -0.1) is 6.58 Å². The molecule has 0 aliphatic heterocycles. The fourth-order valence-corrected chi connectivity index (χ4v) is 8.12. The number of allylic oxidation sites excluding steroid dienone is 3. The zero-order chi connectivity index (χ0) is 44.8. The van der Waals surface area contributed by atoms with E-state index < -0.39 is 51.8 Å². The highest BCUT2D eigenvalue weighted by molar-refractivity contribution is 7.47. The molecule has 0 amide bonds. The smallest absolute Gasteiger partial charge is 0.462 e. The predicted octanol–water partition coefficient (Wildman–Crippen LogP) is 14.1. The van der Waals surface area contributed by atoms with Crippen molar-refractivity contribution in [1.82, 2.24) is 0 Å². The van der Waals surface area contributed by atoms with Gasteiger partial charge in [-0.2, -0.15) is 0 Å². The third-order valence-corrected chi connectivity index (χ3v) is 12.2. The van der Waals surface area contributed by atoms with Crippen LogP contribution in [0.4, 0.5) is 0 Å². The monoisotopic (exact) mass is 887 g/mol. The number of phosphoric ester groups is 1. The molecule has 0 heterocycles. The van der Waals surface area contributed by atoms with Gasteiger partial charge in [0.05, 0.1) is 19.8 Å². The summed E-state index contributed by atoms with van der Waals surface area (Å²) in [6.07, 6.45) is 47.7. The average Bonchev–Trinajstić information content (AvgIpc) is 3.25. The largest absolute Gasteiger partial charge is 0.472 e. The Hall–Kier alpha value is -1.55. The van der Waals surface area contributed by atoms with Crippen LogP contribution in [0, 0.1) is 0 Å². The van der Waals surface area contributed by atoms with Crippen molar-refractivity contribution in [2.45, 2.75) is 257 Å². The van der Waals surface area contributed by atoms with E-state index in [1.54, 1.807) is 0 Å². The first kappa shape index (κ1) is 59.5. The van der Waals surface area contributed by atoms with E-state index in [9.17, 15) is 24.2 Å². The summed E-state index contributed by atoms with van der Waals surface area (Å²) in [7, 11) is -4.62. The number of phosphoric acid groups is 1. The molecule has 0 aromatic carbocycles. The number of esters is 2. The molecule has 0 aromatic heterocycles. The molecule has 360 valence electrons. The Morgan fingerprint density at radius 3 is 1.34 bits per heavy atom. The van der Waals surface area contributed by atoms with Crippen LogP contribution in [0.3, 0.4) is 0 Å². The van der Waals surface area contributed by atoms with Gasteiger partial charge >= 0.3 is 19.8 Å². The zero-order valence-corrected chi connectivity index (χ0v) is 40.1. The summed E-state index contributed by atoms with van der Waals surface area (Å²) in [5, 5.41) is 18.4. The average molecular weight is 887 g/mol. The number of rotatable bonds is 49. The molecule has 0 rings (SSSR count). The summed E-state index contributed by atoms with van der Waals surface area (Å²) >= 11 is 0. The third kappa shape index (κ3) is 46.3. The minimum Gasteiger partial charge on any atom is -0.462 e. The van der Waals surface area contributed by atoms with E-state index in [4.69, 9.17) is 23.6 Å². The fraction of sp³-hybridized carbons (Fsp3) is 0.880. The molecule has 0 fully saturated rings. The second-order valence-corrected chi connectivity index (χ2v) is 18.7. The van der Waals surface area contributed by atoms with Crippen LogP contribution in [0.25, 0.3) is 0 Å². The number of carbonyl (C=O) groups excluding carboxylic acids is 2. The maximum atomic E-state index is 12.6. The lowest BCUT2D eigenvalue weighted by Crippen LogP contribution is -2.29. The molecule has 11 heteroatoms. The fourth-order valence-electron chi connectivity index (χ4n) is 7.33. The van der Waals surface area contributed by atoms with E-state index in [1.165, 1.54) is 173 Å². The molecule has 0 aliphatic rings. The van der Waals surface area contributed by atoms with E-state index in [1.807, 2.05) is 6.08 Å². The Labute approximate surface area is 374 Å². The Kier molecular flexibility index (Phi) is 45.3. The zero-order valence-electron chi connectivity index (χ0n) is 39.2. The molecule has 3 atom stereocenters. The third-order valence-electron chi connectivity index (χ3n) is 11.2. The van der Waals surface area contributed by atoms with Gasteiger partial charge in [0, 0.05) is 12.8 Å². The number of hydrogen-bond donors (Lipinski definition) is 3. The van der Waals surface area contributed by atoms with Gasteiger partial charge in [0.15, 0.2) is 6.10 Å². The summed E-state index contributed by atoms with van der Waals surface area (Å²) in [6.45, 7) is 3.92. The van der Waals surface area contributed by atoms with Crippen LogP contribution < -0.4 is 0 Å². The lowest BCUT2D eigenvalue weighted by molar-refractivity contribution is -0.161. The molecule has 0 bridgehead atoms. The maximum Gasteiger partial charge on any atom is 0.472 e. The Bertz CT molecular complexity index is 1050. The topological polar surface area (TPSA) is 149 Å². The minimum atomic E-state index is -4.62. The number of aliphatic hydroxyl groups excluding tert-OH is 2. The Morgan fingerprint density at radius 2 is 0.902 bits per heavy atom. The van der Waals surface area contributed by atoms with Crippen molar-refractivity contribution in [3.8, 4) is 0 Å². The quantitative estimate of drug-likeness (QED) is 0.0233. The van der Waals surface area contributed by atoms with Gasteiger partial charge in [-0.3, -0.25) is 18.6 Å². The number of unbranched alkanes of at least 4 members (excludes halogenated alkanes) is 32. The first-order chi connectivity index (χ1) is 29.7. The van der Waals surface area contributed by atoms with Crippen LogP contribution in [-0.2, 0) is 32.7 Å². The highest BCUT2D eigenvalue weighted by Gasteiger charge is 2.27. The van der Waals surface area contributed by atoms with Crippen LogP contribution in [0.5, 0.6) is 0 Å². The van der Waals surface area contributed by atoms with Gasteiger partial charge in [0.2, 0.25) is 0 Å². The van der Waals surface area contributed by atoms with Crippen molar-refractivity contribution in [2.24, 2.45) is 0 Å². The van der Waals surface area contributed by atoms with Crippen molar-refractivity contribution in [3.63, 3.8) is 0 Å². The SMILES string of the molecule is C=CCCCCCCCCCCCCCCCC(=O)O[C@@H](COC(=O)CCC/C=C/CCCCCCCCCCCCCCCCCCCC)COP(=O)(O)OC[C@H](O)CO. The summed E-state index contributed by atoms with van der Waals surface area (Å²) in [5.74, 6) is -0.954. The van der Waals surface area contributed by atoms with Gasteiger partial charge < -0.3 is 24.6 Å². The van der Waals surface area contributed by atoms with Crippen molar-refractivity contribution in [1.29, 1.82) is 0 Å². The minimum absolute atomic E-state index is 0.180. The molecular formula is C50H95O10P. The van der Waals surface area contributed by atoms with E-state index in [-0.39, 0.29) is 19.4 Å². The van der Waals surface area contributed by atoms with Gasteiger partial charge in [-0.25, -0.2) is 4.57 Å². The molecular weight excluding hydrogens is 792 g/mol. The predicted molar refractivity (Wildman–Crippen MR) is 252 cm³/mol. The number of ether oxygens (including phenoxy) is 2. The van der Waals surface area contributed by atoms with Crippen molar-refractivity contribution < 1.29 is 47.8 Å². The van der Waals surface area contributed by atoms with Crippen molar-refractivity contribution >= 4 is 19.8 Å².